The number of ether oxygens (including phenoxy) is 1. The van der Waals surface area contributed by atoms with Gasteiger partial charge in [0, 0.05) is 24.7 Å². The Kier molecular flexibility index (Phi) is 4.96. The third-order valence-electron chi connectivity index (χ3n) is 5.89. The standard InChI is InChI=1S/C18H24FN3O4S/c19-15-2-1-13(11-16(15)27(24,25)22-7-9-26-10-8-22)21-17(23)14-12-18(14)3-5-20-6-4-18/h1-2,11,14,20H,3-10,12H2,(H,21,23). The molecule has 148 valence electrons. The van der Waals surface area contributed by atoms with E-state index in [1.165, 1.54) is 16.4 Å². The number of piperidine rings is 1. The van der Waals surface area contributed by atoms with Gasteiger partial charge in [-0.1, -0.05) is 0 Å². The number of morpholine rings is 1. The number of carbonyl (C=O) groups is 1. The van der Waals surface area contributed by atoms with E-state index >= 15 is 0 Å². The van der Waals surface area contributed by atoms with E-state index in [-0.39, 0.29) is 43.5 Å². The molecule has 1 saturated carbocycles. The Balaban J connectivity index is 1.50. The summed E-state index contributed by atoms with van der Waals surface area (Å²) in [7, 11) is -3.96. The highest BCUT2D eigenvalue weighted by Crippen LogP contribution is 2.58. The number of nitrogens with one attached hydrogen (secondary N) is 2. The molecule has 27 heavy (non-hydrogen) atoms. The normalized spacial score (nSPS) is 25.3. The van der Waals surface area contributed by atoms with Crippen LogP contribution in [0.4, 0.5) is 10.1 Å². The molecular weight excluding hydrogens is 373 g/mol. The molecule has 2 aliphatic heterocycles. The lowest BCUT2D eigenvalue weighted by Gasteiger charge is -2.26. The maximum Gasteiger partial charge on any atom is 0.246 e. The van der Waals surface area contributed by atoms with Crippen molar-refractivity contribution >= 4 is 21.6 Å². The molecule has 3 fully saturated rings. The summed E-state index contributed by atoms with van der Waals surface area (Å²) >= 11 is 0. The van der Waals surface area contributed by atoms with E-state index in [4.69, 9.17) is 4.74 Å². The topological polar surface area (TPSA) is 87.7 Å². The molecule has 1 aromatic rings. The van der Waals surface area contributed by atoms with Crippen LogP contribution >= 0.6 is 0 Å². The number of halogens is 1. The van der Waals surface area contributed by atoms with Crippen LogP contribution in [0.2, 0.25) is 0 Å². The molecule has 4 rings (SSSR count). The second-order valence-corrected chi connectivity index (χ2v) is 9.43. The van der Waals surface area contributed by atoms with Crippen molar-refractivity contribution in [2.75, 3.05) is 44.7 Å². The first-order valence-corrected chi connectivity index (χ1v) is 10.8. The van der Waals surface area contributed by atoms with Crippen LogP contribution in [0.5, 0.6) is 0 Å². The molecule has 1 aliphatic carbocycles. The van der Waals surface area contributed by atoms with E-state index in [1.54, 1.807) is 0 Å². The minimum Gasteiger partial charge on any atom is -0.379 e. The van der Waals surface area contributed by atoms with E-state index in [0.717, 1.165) is 38.4 Å². The Labute approximate surface area is 158 Å². The van der Waals surface area contributed by atoms with Gasteiger partial charge in [0.05, 0.1) is 13.2 Å². The summed E-state index contributed by atoms with van der Waals surface area (Å²) in [6.07, 6.45) is 2.82. The smallest absolute Gasteiger partial charge is 0.246 e. The van der Waals surface area contributed by atoms with Crippen molar-refractivity contribution in [2.45, 2.75) is 24.2 Å². The number of nitrogens with zero attached hydrogens (tertiary/aromatic N) is 1. The van der Waals surface area contributed by atoms with E-state index in [2.05, 4.69) is 10.6 Å². The van der Waals surface area contributed by atoms with Crippen molar-refractivity contribution in [1.29, 1.82) is 0 Å². The molecule has 2 heterocycles. The lowest BCUT2D eigenvalue weighted by molar-refractivity contribution is -0.118. The predicted molar refractivity (Wildman–Crippen MR) is 97.3 cm³/mol. The largest absolute Gasteiger partial charge is 0.379 e. The van der Waals surface area contributed by atoms with E-state index < -0.39 is 20.7 Å². The van der Waals surface area contributed by atoms with Crippen LogP contribution in [0.1, 0.15) is 19.3 Å². The lowest BCUT2D eigenvalue weighted by Crippen LogP contribution is -2.40. The fourth-order valence-electron chi connectivity index (χ4n) is 4.13. The van der Waals surface area contributed by atoms with Crippen molar-refractivity contribution in [3.8, 4) is 0 Å². The zero-order valence-electron chi connectivity index (χ0n) is 15.0. The molecular formula is C18H24FN3O4S. The number of hydrogen-bond acceptors (Lipinski definition) is 5. The van der Waals surface area contributed by atoms with Gasteiger partial charge >= 0.3 is 0 Å². The minimum absolute atomic E-state index is 0.0519. The van der Waals surface area contributed by atoms with Crippen LogP contribution < -0.4 is 10.6 Å². The van der Waals surface area contributed by atoms with E-state index in [0.29, 0.717) is 5.69 Å². The molecule has 3 aliphatic rings. The summed E-state index contributed by atoms with van der Waals surface area (Å²) in [5.74, 6) is -0.983. The van der Waals surface area contributed by atoms with Crippen molar-refractivity contribution < 1.29 is 22.3 Å². The first kappa shape index (κ1) is 18.8. The third kappa shape index (κ3) is 3.61. The van der Waals surface area contributed by atoms with E-state index in [9.17, 15) is 17.6 Å². The SMILES string of the molecule is O=C(Nc1ccc(F)c(S(=O)(=O)N2CCOCC2)c1)C1CC12CCNCC2. The monoisotopic (exact) mass is 397 g/mol. The number of amides is 1. The summed E-state index contributed by atoms with van der Waals surface area (Å²) in [6.45, 7) is 2.80. The average Bonchev–Trinajstić information content (AvgIpc) is 3.37. The Hall–Kier alpha value is -1.55. The highest BCUT2D eigenvalue weighted by Gasteiger charge is 2.57. The second kappa shape index (κ2) is 7.12. The van der Waals surface area contributed by atoms with Crippen LogP contribution in [0.25, 0.3) is 0 Å². The van der Waals surface area contributed by atoms with Crippen molar-refractivity contribution in [3.63, 3.8) is 0 Å². The zero-order chi connectivity index (χ0) is 19.1. The van der Waals surface area contributed by atoms with Gasteiger partial charge in [-0.05, 0) is 56.0 Å². The second-order valence-electron chi connectivity index (χ2n) is 7.52. The molecule has 1 atom stereocenters. The number of benzene rings is 1. The molecule has 0 aromatic heterocycles. The molecule has 9 heteroatoms. The maximum absolute atomic E-state index is 14.3. The first-order chi connectivity index (χ1) is 12.9. The van der Waals surface area contributed by atoms with Crippen LogP contribution in [0.3, 0.4) is 0 Å². The number of hydrogen-bond donors (Lipinski definition) is 2. The molecule has 0 radical (unpaired) electrons. The highest BCUT2D eigenvalue weighted by atomic mass is 32.2. The van der Waals surface area contributed by atoms with Crippen LogP contribution in [-0.2, 0) is 19.6 Å². The molecule has 1 amide bonds. The van der Waals surface area contributed by atoms with Crippen LogP contribution in [0.15, 0.2) is 23.1 Å². The molecule has 2 N–H and O–H groups in total. The molecule has 2 saturated heterocycles. The Morgan fingerprint density at radius 1 is 1.26 bits per heavy atom. The molecule has 1 unspecified atom stereocenters. The number of anilines is 1. The van der Waals surface area contributed by atoms with E-state index in [1.807, 2.05) is 0 Å². The third-order valence-corrected chi connectivity index (χ3v) is 7.81. The first-order valence-electron chi connectivity index (χ1n) is 9.31. The fourth-order valence-corrected chi connectivity index (χ4v) is 5.63. The van der Waals surface area contributed by atoms with Crippen LogP contribution in [0, 0.1) is 17.2 Å². The summed E-state index contributed by atoms with van der Waals surface area (Å²) in [4.78, 5) is 12.2. The van der Waals surface area contributed by atoms with Gasteiger partial charge in [0.2, 0.25) is 15.9 Å². The summed E-state index contributed by atoms with van der Waals surface area (Å²) in [6, 6.07) is 3.72. The Morgan fingerprint density at radius 3 is 2.67 bits per heavy atom. The summed E-state index contributed by atoms with van der Waals surface area (Å²) in [5, 5.41) is 6.08. The Bertz CT molecular complexity index is 833. The Morgan fingerprint density at radius 2 is 1.96 bits per heavy atom. The molecule has 1 aromatic carbocycles. The highest BCUT2D eigenvalue weighted by molar-refractivity contribution is 7.89. The van der Waals surface area contributed by atoms with Gasteiger partial charge in [-0.25, -0.2) is 12.8 Å². The van der Waals surface area contributed by atoms with Gasteiger partial charge in [0.1, 0.15) is 10.7 Å². The van der Waals surface area contributed by atoms with Crippen molar-refractivity contribution in [1.82, 2.24) is 9.62 Å². The number of carbonyl (C=O) groups excluding carboxylic acids is 1. The fraction of sp³-hybridized carbons (Fsp3) is 0.611. The molecule has 0 bridgehead atoms. The summed E-state index contributed by atoms with van der Waals surface area (Å²) < 4.78 is 46.1. The van der Waals surface area contributed by atoms with Gasteiger partial charge in [0.25, 0.3) is 0 Å². The number of sulfonamides is 1. The average molecular weight is 397 g/mol. The van der Waals surface area contributed by atoms with Gasteiger partial charge in [-0.2, -0.15) is 4.31 Å². The van der Waals surface area contributed by atoms with Gasteiger partial charge in [-0.15, -0.1) is 0 Å². The summed E-state index contributed by atoms with van der Waals surface area (Å²) in [5.41, 5.74) is 0.391. The quantitative estimate of drug-likeness (QED) is 0.797. The van der Waals surface area contributed by atoms with Gasteiger partial charge in [0.15, 0.2) is 0 Å². The van der Waals surface area contributed by atoms with Gasteiger partial charge in [-0.3, -0.25) is 4.79 Å². The zero-order valence-corrected chi connectivity index (χ0v) is 15.9. The van der Waals surface area contributed by atoms with Crippen molar-refractivity contribution in [3.05, 3.63) is 24.0 Å². The molecule has 1 spiro atoms. The van der Waals surface area contributed by atoms with Crippen molar-refractivity contribution in [2.24, 2.45) is 11.3 Å². The predicted octanol–water partition coefficient (Wildman–Crippen LogP) is 1.17. The minimum atomic E-state index is -3.96. The maximum atomic E-state index is 14.3. The number of rotatable bonds is 4. The van der Waals surface area contributed by atoms with Gasteiger partial charge < -0.3 is 15.4 Å². The molecule has 7 nitrogen and oxygen atoms in total. The lowest BCUT2D eigenvalue weighted by atomic mass is 9.92. The van der Waals surface area contributed by atoms with Crippen LogP contribution in [-0.4, -0.2) is 58.0 Å².